The summed E-state index contributed by atoms with van der Waals surface area (Å²) in [4.78, 5) is 2.69. The molecular formula is C3H9ArN3Si. The van der Waals surface area contributed by atoms with E-state index in [1.54, 1.807) is 0 Å². The SMILES string of the molecule is C[Si](C)(C)N=[N+]=[N-].[Ar]. The van der Waals surface area contributed by atoms with Crippen molar-refractivity contribution in [1.29, 1.82) is 0 Å². The molecule has 0 fully saturated rings. The molecule has 0 aliphatic heterocycles. The summed E-state index contributed by atoms with van der Waals surface area (Å²) < 4.78 is 3.58. The third-order valence-electron chi connectivity index (χ3n) is 0.345. The van der Waals surface area contributed by atoms with Crippen molar-refractivity contribution in [3.05, 3.63) is 10.4 Å². The molecule has 0 heterocycles. The second-order valence-corrected chi connectivity index (χ2v) is 6.90. The summed E-state index contributed by atoms with van der Waals surface area (Å²) in [5.74, 6) is 0. The van der Waals surface area contributed by atoms with Gasteiger partial charge in [-0.15, -0.1) is 4.78 Å². The normalized spacial score (nSPS) is 8.88. The topological polar surface area (TPSA) is 48.8 Å². The van der Waals surface area contributed by atoms with Crippen LogP contribution in [0.4, 0.5) is 0 Å². The first-order chi connectivity index (χ1) is 3.06. The van der Waals surface area contributed by atoms with Crippen LogP contribution in [0, 0.1) is 37.7 Å². The molecule has 0 bridgehead atoms. The zero-order valence-corrected chi connectivity index (χ0v) is 6.90. The van der Waals surface area contributed by atoms with Crippen LogP contribution in [-0.4, -0.2) is 8.24 Å². The minimum absolute atomic E-state index is 0. The molecule has 0 aliphatic rings. The zero-order chi connectivity index (χ0) is 5.91. The molecule has 48 valence electrons. The maximum Gasteiger partial charge on any atom is 0.146 e. The van der Waals surface area contributed by atoms with Gasteiger partial charge in [-0.05, 0) is 10.4 Å². The predicted octanol–water partition coefficient (Wildman–Crippen LogP) is 2.13. The van der Waals surface area contributed by atoms with Crippen molar-refractivity contribution in [2.24, 2.45) is 4.78 Å². The Morgan fingerprint density at radius 2 is 1.75 bits per heavy atom. The van der Waals surface area contributed by atoms with Gasteiger partial charge in [0.25, 0.3) is 0 Å². The van der Waals surface area contributed by atoms with Gasteiger partial charge in [-0.1, -0.05) is 19.6 Å². The summed E-state index contributed by atoms with van der Waals surface area (Å²) in [6.07, 6.45) is 0. The van der Waals surface area contributed by atoms with E-state index < -0.39 is 8.24 Å². The number of hydrogen-bond acceptors (Lipinski definition) is 1. The molecule has 0 N–H and O–H groups in total. The Kier molecular flexibility index (Phi) is 6.72. The summed E-state index contributed by atoms with van der Waals surface area (Å²) in [6.45, 7) is 5.98. The average Bonchev–Trinajstić information content (AvgIpc) is 1.30. The first-order valence-corrected chi connectivity index (χ1v) is 5.57. The van der Waals surface area contributed by atoms with Gasteiger partial charge in [-0.2, -0.15) is 0 Å². The van der Waals surface area contributed by atoms with Crippen molar-refractivity contribution in [3.8, 4) is 0 Å². The fraction of sp³-hybridized carbons (Fsp3) is 1.00. The van der Waals surface area contributed by atoms with Crippen molar-refractivity contribution in [1.82, 2.24) is 0 Å². The van der Waals surface area contributed by atoms with E-state index in [9.17, 15) is 0 Å². The molecule has 0 saturated heterocycles. The van der Waals surface area contributed by atoms with Crippen molar-refractivity contribution in [3.63, 3.8) is 0 Å². The number of nitrogens with zero attached hydrogens (tertiary/aromatic N) is 3. The molecule has 0 rings (SSSR count). The van der Waals surface area contributed by atoms with Gasteiger partial charge in [-0.3, -0.25) is 0 Å². The third kappa shape index (κ3) is 9.92. The molecule has 0 atom stereocenters. The fourth-order valence-electron chi connectivity index (χ4n) is 0.134. The summed E-state index contributed by atoms with van der Waals surface area (Å²) >= 11 is 0. The number of azide groups is 1. The van der Waals surface area contributed by atoms with Crippen LogP contribution in [0.1, 0.15) is 0 Å². The van der Waals surface area contributed by atoms with Crippen LogP contribution in [-0.2, 0) is 0 Å². The van der Waals surface area contributed by atoms with E-state index in [0.29, 0.717) is 0 Å². The van der Waals surface area contributed by atoms with Gasteiger partial charge in [0.1, 0.15) is 8.24 Å². The maximum atomic E-state index is 7.89. The Morgan fingerprint density at radius 1 is 1.38 bits per heavy atom. The van der Waals surface area contributed by atoms with E-state index in [2.05, 4.69) is 9.69 Å². The Labute approximate surface area is 80.2 Å². The van der Waals surface area contributed by atoms with Gasteiger partial charge in [0.15, 0.2) is 0 Å². The molecule has 0 amide bonds. The second-order valence-electron chi connectivity index (χ2n) is 2.36. The van der Waals surface area contributed by atoms with Gasteiger partial charge in [0, 0.05) is 37.7 Å². The van der Waals surface area contributed by atoms with Crippen LogP contribution in [0.25, 0.3) is 10.4 Å². The van der Waals surface area contributed by atoms with E-state index in [-0.39, 0.29) is 37.7 Å². The van der Waals surface area contributed by atoms with Gasteiger partial charge in [-0.25, -0.2) is 0 Å². The van der Waals surface area contributed by atoms with Crippen LogP contribution in [0.3, 0.4) is 0 Å². The molecule has 3 nitrogen and oxygen atoms in total. The van der Waals surface area contributed by atoms with Gasteiger partial charge in [0.05, 0.1) is 0 Å². The van der Waals surface area contributed by atoms with Crippen molar-refractivity contribution in [2.45, 2.75) is 19.6 Å². The molecule has 0 aromatic carbocycles. The standard InChI is InChI=1S/C3H9N3Si.Ar/c1-7(2,3)6-5-4;/h1-3H3;. The van der Waals surface area contributed by atoms with Gasteiger partial charge in [0.2, 0.25) is 0 Å². The van der Waals surface area contributed by atoms with E-state index in [4.69, 9.17) is 5.53 Å². The van der Waals surface area contributed by atoms with Crippen LogP contribution in [0.5, 0.6) is 0 Å². The Hall–Kier alpha value is 0.787. The number of rotatable bonds is 1. The minimum atomic E-state index is -1.45. The van der Waals surface area contributed by atoms with E-state index >= 15 is 0 Å². The van der Waals surface area contributed by atoms with Crippen LogP contribution < -0.4 is 0 Å². The van der Waals surface area contributed by atoms with E-state index in [1.165, 1.54) is 0 Å². The first-order valence-electron chi connectivity index (χ1n) is 2.12. The third-order valence-corrected chi connectivity index (χ3v) is 1.03. The number of hydrogen-bond donors (Lipinski definition) is 0. The summed E-state index contributed by atoms with van der Waals surface area (Å²) in [5, 5.41) is 0. The summed E-state index contributed by atoms with van der Waals surface area (Å²) in [5.41, 5.74) is 7.89. The molecule has 0 unspecified atom stereocenters. The van der Waals surface area contributed by atoms with Crippen LogP contribution in [0.2, 0.25) is 19.6 Å². The Morgan fingerprint density at radius 3 is 1.75 bits per heavy atom. The largest absolute Gasteiger partial charge is 0.146 e. The Balaban J connectivity index is 0. The second kappa shape index (κ2) is 4.65. The molecule has 5 heteroatoms. The molecule has 0 spiro atoms. The van der Waals surface area contributed by atoms with Crippen molar-refractivity contribution >= 4 is 8.24 Å². The minimum Gasteiger partial charge on any atom is -0.125 e. The summed E-state index contributed by atoms with van der Waals surface area (Å²) in [7, 11) is -1.45. The predicted molar refractivity (Wildman–Crippen MR) is 32.5 cm³/mol. The molecule has 0 aliphatic carbocycles. The molecule has 0 aromatic rings. The van der Waals surface area contributed by atoms with Crippen LogP contribution in [0.15, 0.2) is 4.78 Å². The smallest absolute Gasteiger partial charge is 0.125 e. The first kappa shape index (κ1) is 11.6. The average molecular weight is 155 g/mol. The van der Waals surface area contributed by atoms with Gasteiger partial charge < -0.3 is 0 Å². The maximum absolute atomic E-state index is 7.89. The van der Waals surface area contributed by atoms with Crippen molar-refractivity contribution in [2.75, 3.05) is 0 Å². The Bertz CT molecular complexity index is 102. The molecule has 0 radical (unpaired) electrons. The fourth-order valence-corrected chi connectivity index (χ4v) is 0.402. The van der Waals surface area contributed by atoms with Crippen LogP contribution >= 0.6 is 0 Å². The van der Waals surface area contributed by atoms with Crippen molar-refractivity contribution < 1.29 is 37.7 Å². The van der Waals surface area contributed by atoms with E-state index in [0.717, 1.165) is 0 Å². The monoisotopic (exact) mass is 155 g/mol. The molecule has 8 heavy (non-hydrogen) atoms. The van der Waals surface area contributed by atoms with Gasteiger partial charge >= 0.3 is 0 Å². The summed E-state index contributed by atoms with van der Waals surface area (Å²) in [6, 6.07) is 0. The van der Waals surface area contributed by atoms with E-state index in [1.807, 2.05) is 19.6 Å². The molecular weight excluding hydrogens is 146 g/mol. The molecule has 0 aromatic heterocycles. The molecule has 0 saturated carbocycles. The quantitative estimate of drug-likeness (QED) is 0.241. The zero-order valence-electron chi connectivity index (χ0n) is 5.20.